The van der Waals surface area contributed by atoms with Crippen LogP contribution in [0.5, 0.6) is 0 Å². The molecule has 2 heteroatoms. The number of hydrogen-bond acceptors (Lipinski definition) is 0. The number of benzene rings is 1. The lowest BCUT2D eigenvalue weighted by atomic mass is 9.71. The van der Waals surface area contributed by atoms with Gasteiger partial charge in [0.05, 0.1) is 0 Å². The highest BCUT2D eigenvalue weighted by Gasteiger charge is 2.28. The molecule has 0 spiro atoms. The summed E-state index contributed by atoms with van der Waals surface area (Å²) in [6, 6.07) is 3.02. The summed E-state index contributed by atoms with van der Waals surface area (Å²) >= 11 is 0. The van der Waals surface area contributed by atoms with Gasteiger partial charge in [-0.15, -0.1) is 0 Å². The summed E-state index contributed by atoms with van der Waals surface area (Å²) in [5.74, 6) is -1.01. The van der Waals surface area contributed by atoms with Crippen molar-refractivity contribution < 1.29 is 8.78 Å². The minimum absolute atomic E-state index is 0.401. The lowest BCUT2D eigenvalue weighted by molar-refractivity contribution is 0.224. The Balaban J connectivity index is 2.22. The van der Waals surface area contributed by atoms with Crippen LogP contribution in [0.3, 0.4) is 0 Å². The van der Waals surface area contributed by atoms with Crippen molar-refractivity contribution in [3.8, 4) is 0 Å². The Morgan fingerprint density at radius 1 is 1.12 bits per heavy atom. The van der Waals surface area contributed by atoms with Gasteiger partial charge in [0.2, 0.25) is 0 Å². The van der Waals surface area contributed by atoms with E-state index in [1.54, 1.807) is 13.0 Å². The van der Waals surface area contributed by atoms with Crippen LogP contribution < -0.4 is 0 Å². The van der Waals surface area contributed by atoms with Crippen molar-refractivity contribution in [3.63, 3.8) is 0 Å². The molecule has 0 atom stereocenters. The average molecular weight is 238 g/mol. The highest BCUT2D eigenvalue weighted by molar-refractivity contribution is 5.31. The van der Waals surface area contributed by atoms with E-state index < -0.39 is 11.6 Å². The van der Waals surface area contributed by atoms with E-state index in [4.69, 9.17) is 0 Å². The molecule has 94 valence electrons. The van der Waals surface area contributed by atoms with Gasteiger partial charge in [0, 0.05) is 0 Å². The normalized spacial score (nSPS) is 20.5. The smallest absolute Gasteiger partial charge is 0.162 e. The first-order valence-corrected chi connectivity index (χ1v) is 6.35. The molecule has 0 heterocycles. The van der Waals surface area contributed by atoms with Gasteiger partial charge in [0.25, 0.3) is 0 Å². The van der Waals surface area contributed by atoms with Crippen LogP contribution in [-0.4, -0.2) is 0 Å². The molecular weight excluding hydrogens is 218 g/mol. The molecule has 0 aromatic heterocycles. The van der Waals surface area contributed by atoms with Gasteiger partial charge in [0.1, 0.15) is 0 Å². The van der Waals surface area contributed by atoms with E-state index in [1.807, 2.05) is 0 Å². The fraction of sp³-hybridized carbons (Fsp3) is 0.600. The molecule has 1 aliphatic carbocycles. The minimum atomic E-state index is -0.734. The van der Waals surface area contributed by atoms with Gasteiger partial charge in [0.15, 0.2) is 11.6 Å². The van der Waals surface area contributed by atoms with Crippen LogP contribution in [0.25, 0.3) is 0 Å². The Morgan fingerprint density at radius 3 is 2.29 bits per heavy atom. The quantitative estimate of drug-likeness (QED) is 0.649. The molecule has 1 aromatic carbocycles. The van der Waals surface area contributed by atoms with Gasteiger partial charge < -0.3 is 0 Å². The van der Waals surface area contributed by atoms with Crippen LogP contribution in [0.15, 0.2) is 12.1 Å². The third-order valence-corrected chi connectivity index (χ3v) is 4.16. The van der Waals surface area contributed by atoms with Crippen molar-refractivity contribution >= 4 is 0 Å². The van der Waals surface area contributed by atoms with E-state index in [1.165, 1.54) is 6.07 Å². The molecule has 1 aromatic rings. The van der Waals surface area contributed by atoms with Crippen LogP contribution in [0.4, 0.5) is 8.78 Å². The van der Waals surface area contributed by atoms with Crippen LogP contribution in [0.1, 0.15) is 56.6 Å². The van der Waals surface area contributed by atoms with Crippen LogP contribution in [0, 0.1) is 24.0 Å². The Bertz CT molecular complexity index is 411. The van der Waals surface area contributed by atoms with Gasteiger partial charge in [-0.2, -0.15) is 0 Å². The maximum Gasteiger partial charge on any atom is 0.162 e. The molecule has 0 bridgehead atoms. The Hall–Kier alpha value is -0.920. The van der Waals surface area contributed by atoms with Crippen molar-refractivity contribution in [2.45, 2.75) is 52.4 Å². The standard InChI is InChI=1S/C15H20F2/c1-10-12(4-5-13(16)14(10)17)11-6-8-15(2,3)9-7-11/h4-5,11H,6-9H2,1-3H3. The highest BCUT2D eigenvalue weighted by atomic mass is 19.2. The molecule has 0 N–H and O–H groups in total. The van der Waals surface area contributed by atoms with Gasteiger partial charge >= 0.3 is 0 Å². The van der Waals surface area contributed by atoms with E-state index in [0.717, 1.165) is 31.2 Å². The summed E-state index contributed by atoms with van der Waals surface area (Å²) < 4.78 is 26.6. The predicted molar refractivity (Wildman–Crippen MR) is 66.1 cm³/mol. The van der Waals surface area contributed by atoms with E-state index in [2.05, 4.69) is 13.8 Å². The predicted octanol–water partition coefficient (Wildman–Crippen LogP) is 4.96. The Labute approximate surface area is 102 Å². The van der Waals surface area contributed by atoms with Gasteiger partial charge in [-0.25, -0.2) is 8.78 Å². The second-order valence-electron chi connectivity index (χ2n) is 6.01. The van der Waals surface area contributed by atoms with E-state index >= 15 is 0 Å². The summed E-state index contributed by atoms with van der Waals surface area (Å²) in [5, 5.41) is 0. The van der Waals surface area contributed by atoms with E-state index in [9.17, 15) is 8.78 Å². The first-order valence-electron chi connectivity index (χ1n) is 6.35. The molecule has 0 nitrogen and oxygen atoms in total. The fourth-order valence-electron chi connectivity index (χ4n) is 2.82. The van der Waals surface area contributed by atoms with Crippen molar-refractivity contribution in [2.24, 2.45) is 5.41 Å². The Kier molecular flexibility index (Phi) is 3.24. The second kappa shape index (κ2) is 4.40. The number of hydrogen-bond donors (Lipinski definition) is 0. The summed E-state index contributed by atoms with van der Waals surface area (Å²) in [4.78, 5) is 0. The third-order valence-electron chi connectivity index (χ3n) is 4.16. The zero-order valence-corrected chi connectivity index (χ0v) is 10.8. The first-order chi connectivity index (χ1) is 7.91. The zero-order valence-electron chi connectivity index (χ0n) is 10.8. The van der Waals surface area contributed by atoms with Crippen molar-refractivity contribution in [2.75, 3.05) is 0 Å². The molecule has 17 heavy (non-hydrogen) atoms. The van der Waals surface area contributed by atoms with Crippen LogP contribution >= 0.6 is 0 Å². The van der Waals surface area contributed by atoms with E-state index in [-0.39, 0.29) is 0 Å². The molecular formula is C15H20F2. The maximum atomic E-state index is 13.5. The van der Waals surface area contributed by atoms with Crippen LogP contribution in [0.2, 0.25) is 0 Å². The summed E-state index contributed by atoms with van der Waals surface area (Å²) in [7, 11) is 0. The highest BCUT2D eigenvalue weighted by Crippen LogP contribution is 2.43. The fourth-order valence-corrected chi connectivity index (χ4v) is 2.82. The van der Waals surface area contributed by atoms with Crippen molar-refractivity contribution in [1.29, 1.82) is 0 Å². The first kappa shape index (κ1) is 12.5. The second-order valence-corrected chi connectivity index (χ2v) is 6.01. The number of halogens is 2. The molecule has 0 saturated heterocycles. The molecule has 1 fully saturated rings. The van der Waals surface area contributed by atoms with Gasteiger partial charge in [-0.3, -0.25) is 0 Å². The molecule has 0 aliphatic heterocycles. The topological polar surface area (TPSA) is 0 Å². The number of rotatable bonds is 1. The lowest BCUT2D eigenvalue weighted by Crippen LogP contribution is -2.20. The van der Waals surface area contributed by atoms with Gasteiger partial charge in [-0.05, 0) is 61.1 Å². The zero-order chi connectivity index (χ0) is 12.6. The van der Waals surface area contributed by atoms with Crippen molar-refractivity contribution in [3.05, 3.63) is 34.9 Å². The third kappa shape index (κ3) is 2.51. The van der Waals surface area contributed by atoms with Gasteiger partial charge in [-0.1, -0.05) is 19.9 Å². The summed E-state index contributed by atoms with van der Waals surface area (Å²) in [6.45, 7) is 6.25. The molecule has 0 radical (unpaired) electrons. The molecule has 1 saturated carbocycles. The minimum Gasteiger partial charge on any atom is -0.204 e. The Morgan fingerprint density at radius 2 is 1.71 bits per heavy atom. The summed E-state index contributed by atoms with van der Waals surface area (Å²) in [6.07, 6.45) is 4.49. The average Bonchev–Trinajstić information content (AvgIpc) is 2.27. The monoisotopic (exact) mass is 238 g/mol. The SMILES string of the molecule is Cc1c(C2CCC(C)(C)CC2)ccc(F)c1F. The molecule has 0 unspecified atom stereocenters. The molecule has 2 rings (SSSR count). The molecule has 1 aliphatic rings. The van der Waals surface area contributed by atoms with E-state index in [0.29, 0.717) is 16.9 Å². The largest absolute Gasteiger partial charge is 0.204 e. The maximum absolute atomic E-state index is 13.5. The lowest BCUT2D eigenvalue weighted by Gasteiger charge is -2.35. The molecule has 0 amide bonds. The summed E-state index contributed by atoms with van der Waals surface area (Å²) in [5.41, 5.74) is 1.90. The van der Waals surface area contributed by atoms with Crippen molar-refractivity contribution in [1.82, 2.24) is 0 Å². The van der Waals surface area contributed by atoms with Crippen LogP contribution in [-0.2, 0) is 0 Å².